The number of ether oxygens (including phenoxy) is 1. The van der Waals surface area contributed by atoms with Gasteiger partial charge in [-0.15, -0.1) is 5.10 Å². The van der Waals surface area contributed by atoms with Gasteiger partial charge in [-0.2, -0.15) is 0 Å². The number of benzene rings is 3. The Morgan fingerprint density at radius 2 is 1.90 bits per heavy atom. The Bertz CT molecular complexity index is 1700. The quantitative estimate of drug-likeness (QED) is 0.249. The van der Waals surface area contributed by atoms with E-state index in [0.29, 0.717) is 35.6 Å². The van der Waals surface area contributed by atoms with Crippen LogP contribution in [-0.4, -0.2) is 40.5 Å². The van der Waals surface area contributed by atoms with Gasteiger partial charge in [0.15, 0.2) is 0 Å². The monoisotopic (exact) mass is 599 g/mol. The molecule has 3 aromatic carbocycles. The number of rotatable bonds is 7. The van der Waals surface area contributed by atoms with E-state index in [9.17, 15) is 9.59 Å². The molecule has 0 saturated carbocycles. The molecule has 0 aliphatic carbocycles. The highest BCUT2D eigenvalue weighted by Gasteiger charge is 2.35. The van der Waals surface area contributed by atoms with E-state index in [1.165, 1.54) is 0 Å². The molecule has 2 atom stereocenters. The standard InChI is InChI=1S/C30H26BrN5O4/c1-18(24-17-36(34-33-24)25-14-15-35(30(25)38)21-10-8-20(31)9-11-21)32-29(37)28-27(19-6-4-3-5-7-19)23-13-12-22(39-2)16-26(23)40-28/h3-13,16-18,25H,14-15H2,1-2H3,(H,32,37). The number of amides is 2. The molecule has 2 unspecified atom stereocenters. The Balaban J connectivity index is 1.23. The molecule has 1 aliphatic heterocycles. The van der Waals surface area contributed by atoms with Gasteiger partial charge in [-0.25, -0.2) is 4.68 Å². The Morgan fingerprint density at radius 3 is 2.65 bits per heavy atom. The predicted octanol–water partition coefficient (Wildman–Crippen LogP) is 5.93. The summed E-state index contributed by atoms with van der Waals surface area (Å²) >= 11 is 3.43. The fourth-order valence-electron chi connectivity index (χ4n) is 5.02. The number of anilines is 1. The van der Waals surface area contributed by atoms with Gasteiger partial charge in [0.05, 0.1) is 19.3 Å². The van der Waals surface area contributed by atoms with Crippen molar-refractivity contribution in [3.05, 3.63) is 94.9 Å². The maximum atomic E-state index is 13.5. The molecular weight excluding hydrogens is 574 g/mol. The van der Waals surface area contributed by atoms with Crippen LogP contribution in [0.2, 0.25) is 0 Å². The van der Waals surface area contributed by atoms with Gasteiger partial charge in [0.2, 0.25) is 5.76 Å². The van der Waals surface area contributed by atoms with Gasteiger partial charge in [0.25, 0.3) is 11.8 Å². The van der Waals surface area contributed by atoms with Gasteiger partial charge in [-0.05, 0) is 55.3 Å². The van der Waals surface area contributed by atoms with Crippen LogP contribution in [0.15, 0.2) is 87.9 Å². The van der Waals surface area contributed by atoms with E-state index in [1.54, 1.807) is 29.0 Å². The minimum atomic E-state index is -0.480. The summed E-state index contributed by atoms with van der Waals surface area (Å²) in [4.78, 5) is 28.5. The van der Waals surface area contributed by atoms with Crippen molar-refractivity contribution in [2.24, 2.45) is 0 Å². The SMILES string of the molecule is COc1ccc2c(-c3ccccc3)c(C(=O)NC(C)c3cn(C4CCN(c5ccc(Br)cc5)C4=O)nn3)oc2c1. The van der Waals surface area contributed by atoms with Crippen LogP contribution in [-0.2, 0) is 4.79 Å². The molecule has 40 heavy (non-hydrogen) atoms. The fraction of sp³-hybridized carbons (Fsp3) is 0.200. The zero-order chi connectivity index (χ0) is 27.8. The van der Waals surface area contributed by atoms with Crippen molar-refractivity contribution < 1.29 is 18.7 Å². The van der Waals surface area contributed by atoms with Crippen molar-refractivity contribution in [3.8, 4) is 16.9 Å². The largest absolute Gasteiger partial charge is 0.497 e. The van der Waals surface area contributed by atoms with E-state index < -0.39 is 12.1 Å². The maximum absolute atomic E-state index is 13.5. The molecule has 1 fully saturated rings. The third kappa shape index (κ3) is 4.75. The van der Waals surface area contributed by atoms with Gasteiger partial charge in [-0.3, -0.25) is 9.59 Å². The first-order valence-corrected chi connectivity index (χ1v) is 13.7. The van der Waals surface area contributed by atoms with Crippen molar-refractivity contribution in [2.75, 3.05) is 18.6 Å². The van der Waals surface area contributed by atoms with Crippen LogP contribution in [0.1, 0.15) is 41.7 Å². The Labute approximate surface area is 238 Å². The molecule has 202 valence electrons. The van der Waals surface area contributed by atoms with Crippen LogP contribution in [0.25, 0.3) is 22.1 Å². The van der Waals surface area contributed by atoms with E-state index in [1.807, 2.05) is 73.7 Å². The molecule has 3 heterocycles. The third-order valence-electron chi connectivity index (χ3n) is 7.12. The summed E-state index contributed by atoms with van der Waals surface area (Å²) in [5, 5.41) is 12.3. The lowest BCUT2D eigenvalue weighted by Gasteiger charge is -2.16. The second-order valence-electron chi connectivity index (χ2n) is 9.62. The Kier molecular flexibility index (Phi) is 6.85. The second-order valence-corrected chi connectivity index (χ2v) is 10.5. The molecule has 1 aliphatic rings. The van der Waals surface area contributed by atoms with Gasteiger partial charge in [0.1, 0.15) is 23.1 Å². The zero-order valence-corrected chi connectivity index (χ0v) is 23.5. The highest BCUT2D eigenvalue weighted by Crippen LogP contribution is 2.37. The number of carbonyl (C=O) groups excluding carboxylic acids is 2. The number of hydrogen-bond donors (Lipinski definition) is 1. The molecule has 0 spiro atoms. The number of halogens is 1. The van der Waals surface area contributed by atoms with Gasteiger partial charge in [-0.1, -0.05) is 51.5 Å². The van der Waals surface area contributed by atoms with E-state index >= 15 is 0 Å². The molecule has 1 saturated heterocycles. The average molecular weight is 600 g/mol. The zero-order valence-electron chi connectivity index (χ0n) is 21.9. The molecule has 6 rings (SSSR count). The number of aromatic nitrogens is 3. The van der Waals surface area contributed by atoms with Crippen molar-refractivity contribution in [1.29, 1.82) is 0 Å². The van der Waals surface area contributed by atoms with Crippen LogP contribution in [0, 0.1) is 0 Å². The smallest absolute Gasteiger partial charge is 0.288 e. The van der Waals surface area contributed by atoms with Crippen LogP contribution < -0.4 is 15.0 Å². The molecule has 5 aromatic rings. The molecule has 10 heteroatoms. The maximum Gasteiger partial charge on any atom is 0.288 e. The van der Waals surface area contributed by atoms with Crippen molar-refractivity contribution in [3.63, 3.8) is 0 Å². The minimum absolute atomic E-state index is 0.0410. The van der Waals surface area contributed by atoms with E-state index in [2.05, 4.69) is 31.6 Å². The van der Waals surface area contributed by atoms with E-state index in [-0.39, 0.29) is 17.6 Å². The normalized spacial score (nSPS) is 15.9. The summed E-state index contributed by atoms with van der Waals surface area (Å²) in [5.74, 6) is 0.415. The van der Waals surface area contributed by atoms with Crippen LogP contribution >= 0.6 is 15.9 Å². The van der Waals surface area contributed by atoms with Gasteiger partial charge < -0.3 is 19.4 Å². The topological polar surface area (TPSA) is 102 Å². The van der Waals surface area contributed by atoms with Crippen molar-refractivity contribution >= 4 is 44.4 Å². The molecule has 2 amide bonds. The predicted molar refractivity (Wildman–Crippen MR) is 154 cm³/mol. The average Bonchev–Trinajstić information content (AvgIpc) is 3.70. The van der Waals surface area contributed by atoms with Crippen molar-refractivity contribution in [1.82, 2.24) is 20.3 Å². The summed E-state index contributed by atoms with van der Waals surface area (Å²) in [7, 11) is 1.59. The van der Waals surface area contributed by atoms with Gasteiger partial charge >= 0.3 is 0 Å². The highest BCUT2D eigenvalue weighted by molar-refractivity contribution is 9.10. The second kappa shape index (κ2) is 10.6. The number of nitrogens with one attached hydrogen (secondary N) is 1. The molecule has 0 radical (unpaired) electrons. The summed E-state index contributed by atoms with van der Waals surface area (Å²) in [6.07, 6.45) is 2.33. The molecule has 0 bridgehead atoms. The van der Waals surface area contributed by atoms with Crippen LogP contribution in [0.3, 0.4) is 0 Å². The lowest BCUT2D eigenvalue weighted by Crippen LogP contribution is -2.28. The lowest BCUT2D eigenvalue weighted by atomic mass is 10.0. The summed E-state index contributed by atoms with van der Waals surface area (Å²) in [6, 6.07) is 21.9. The molecule has 9 nitrogen and oxygen atoms in total. The first-order valence-electron chi connectivity index (χ1n) is 12.9. The van der Waals surface area contributed by atoms with Crippen molar-refractivity contribution in [2.45, 2.75) is 25.4 Å². The minimum Gasteiger partial charge on any atom is -0.497 e. The fourth-order valence-corrected chi connectivity index (χ4v) is 5.28. The molecule has 1 N–H and O–H groups in total. The van der Waals surface area contributed by atoms with Crippen LogP contribution in [0.5, 0.6) is 5.75 Å². The summed E-state index contributed by atoms with van der Waals surface area (Å²) in [6.45, 7) is 2.41. The number of methoxy groups -OCH3 is 1. The number of furan rings is 1. The summed E-state index contributed by atoms with van der Waals surface area (Å²) < 4.78 is 14.0. The Morgan fingerprint density at radius 1 is 1.12 bits per heavy atom. The first-order chi connectivity index (χ1) is 19.4. The van der Waals surface area contributed by atoms with E-state index in [4.69, 9.17) is 9.15 Å². The number of nitrogens with zero attached hydrogens (tertiary/aromatic N) is 4. The van der Waals surface area contributed by atoms with Crippen LogP contribution in [0.4, 0.5) is 5.69 Å². The lowest BCUT2D eigenvalue weighted by molar-refractivity contribution is -0.120. The number of hydrogen-bond acceptors (Lipinski definition) is 6. The number of fused-ring (bicyclic) bond motifs is 1. The molecule has 2 aromatic heterocycles. The number of carbonyl (C=O) groups is 2. The van der Waals surface area contributed by atoms with E-state index in [0.717, 1.165) is 21.1 Å². The highest BCUT2D eigenvalue weighted by atomic mass is 79.9. The Hall–Kier alpha value is -4.44. The van der Waals surface area contributed by atoms with Gasteiger partial charge in [0, 0.05) is 33.7 Å². The summed E-state index contributed by atoms with van der Waals surface area (Å²) in [5.41, 5.74) is 3.51. The molecular formula is C30H26BrN5O4. The first kappa shape index (κ1) is 25.8. The third-order valence-corrected chi connectivity index (χ3v) is 7.65.